The van der Waals surface area contributed by atoms with Gasteiger partial charge in [0.1, 0.15) is 0 Å². The molecule has 1 aromatic rings. The molecular formula is C14H21NO2S. The van der Waals surface area contributed by atoms with Crippen LogP contribution in [0.4, 0.5) is 0 Å². The van der Waals surface area contributed by atoms with Gasteiger partial charge in [-0.3, -0.25) is 0 Å². The summed E-state index contributed by atoms with van der Waals surface area (Å²) in [7, 11) is 3.22. The van der Waals surface area contributed by atoms with Crippen molar-refractivity contribution >= 4 is 17.7 Å². The molecule has 0 aliphatic heterocycles. The van der Waals surface area contributed by atoms with E-state index in [1.807, 2.05) is 30.3 Å². The minimum absolute atomic E-state index is 0.246. The van der Waals surface area contributed by atoms with Crippen LogP contribution in [0.5, 0.6) is 0 Å². The van der Waals surface area contributed by atoms with Gasteiger partial charge in [-0.05, 0) is 17.9 Å². The molecule has 0 radical (unpaired) electrons. The number of thioether (sulfide) groups is 1. The molecule has 0 heterocycles. The number of hydrogen-bond acceptors (Lipinski definition) is 4. The molecule has 18 heavy (non-hydrogen) atoms. The Kier molecular flexibility index (Phi) is 5.69. The lowest BCUT2D eigenvalue weighted by molar-refractivity contribution is -0.147. The zero-order valence-electron chi connectivity index (χ0n) is 11.4. The van der Waals surface area contributed by atoms with Crippen LogP contribution in [0.2, 0.25) is 0 Å². The summed E-state index contributed by atoms with van der Waals surface area (Å²) in [5.74, 6) is 0.405. The van der Waals surface area contributed by atoms with Crippen molar-refractivity contribution in [1.29, 1.82) is 0 Å². The normalized spacial score (nSPS) is 14.3. The molecular weight excluding hydrogens is 246 g/mol. The number of rotatable bonds is 6. The van der Waals surface area contributed by atoms with Crippen LogP contribution in [0.15, 0.2) is 30.3 Å². The minimum Gasteiger partial charge on any atom is -0.467 e. The lowest BCUT2D eigenvalue weighted by Crippen LogP contribution is -2.50. The van der Waals surface area contributed by atoms with Crippen molar-refractivity contribution < 1.29 is 9.53 Å². The van der Waals surface area contributed by atoms with Crippen LogP contribution < -0.4 is 5.32 Å². The molecule has 0 aliphatic rings. The maximum absolute atomic E-state index is 12.2. The molecule has 1 N–H and O–H groups in total. The van der Waals surface area contributed by atoms with Crippen LogP contribution in [-0.4, -0.2) is 31.1 Å². The van der Waals surface area contributed by atoms with E-state index in [0.717, 1.165) is 5.56 Å². The summed E-state index contributed by atoms with van der Waals surface area (Å²) in [5.41, 5.74) is 0.165. The maximum atomic E-state index is 12.2. The van der Waals surface area contributed by atoms with Crippen molar-refractivity contribution in [3.63, 3.8) is 0 Å². The molecule has 100 valence electrons. The Morgan fingerprint density at radius 1 is 1.39 bits per heavy atom. The Balaban J connectivity index is 3.10. The molecule has 1 unspecified atom stereocenters. The van der Waals surface area contributed by atoms with Crippen LogP contribution in [0.1, 0.15) is 19.4 Å². The molecule has 0 aliphatic carbocycles. The summed E-state index contributed by atoms with van der Waals surface area (Å²) in [4.78, 5) is 12.2. The lowest BCUT2D eigenvalue weighted by atomic mass is 9.92. The zero-order valence-corrected chi connectivity index (χ0v) is 12.2. The Morgan fingerprint density at radius 2 is 2.00 bits per heavy atom. The van der Waals surface area contributed by atoms with Gasteiger partial charge in [-0.2, -0.15) is 11.8 Å². The number of benzene rings is 1. The van der Waals surface area contributed by atoms with E-state index in [1.54, 1.807) is 18.8 Å². The fourth-order valence-electron chi connectivity index (χ4n) is 1.77. The second kappa shape index (κ2) is 6.81. The smallest absolute Gasteiger partial charge is 0.331 e. The highest BCUT2D eigenvalue weighted by molar-refractivity contribution is 7.99. The van der Waals surface area contributed by atoms with Crippen molar-refractivity contribution in [2.45, 2.75) is 24.6 Å². The van der Waals surface area contributed by atoms with Crippen molar-refractivity contribution in [3.8, 4) is 0 Å². The number of methoxy groups -OCH3 is 1. The molecule has 0 bridgehead atoms. The summed E-state index contributed by atoms with van der Waals surface area (Å²) in [6, 6.07) is 9.72. The average Bonchev–Trinajstić information content (AvgIpc) is 2.40. The topological polar surface area (TPSA) is 38.3 Å². The number of esters is 1. The lowest BCUT2D eigenvalue weighted by Gasteiger charge is -2.31. The molecule has 0 aromatic heterocycles. The molecule has 1 rings (SSSR count). The van der Waals surface area contributed by atoms with Crippen molar-refractivity contribution in [3.05, 3.63) is 35.9 Å². The van der Waals surface area contributed by atoms with E-state index < -0.39 is 5.54 Å². The number of carbonyl (C=O) groups is 1. The number of likely N-dealkylation sites (N-methyl/N-ethyl adjacent to an activating group) is 1. The molecule has 4 heteroatoms. The van der Waals surface area contributed by atoms with Gasteiger partial charge in [0.25, 0.3) is 0 Å². The Bertz CT molecular complexity index is 381. The van der Waals surface area contributed by atoms with E-state index in [0.29, 0.717) is 11.0 Å². The van der Waals surface area contributed by atoms with Crippen molar-refractivity contribution in [1.82, 2.24) is 5.32 Å². The fraction of sp³-hybridized carbons (Fsp3) is 0.500. The molecule has 0 saturated heterocycles. The fourth-order valence-corrected chi connectivity index (χ4v) is 2.78. The molecule has 0 fully saturated rings. The predicted molar refractivity (Wildman–Crippen MR) is 76.8 cm³/mol. The number of nitrogens with one attached hydrogen (secondary N) is 1. The molecule has 1 aromatic carbocycles. The van der Waals surface area contributed by atoms with Crippen LogP contribution in [0, 0.1) is 0 Å². The highest BCUT2D eigenvalue weighted by atomic mass is 32.2. The van der Waals surface area contributed by atoms with Crippen LogP contribution in [0.3, 0.4) is 0 Å². The monoisotopic (exact) mass is 267 g/mol. The van der Waals surface area contributed by atoms with Gasteiger partial charge >= 0.3 is 5.97 Å². The summed E-state index contributed by atoms with van der Waals surface area (Å²) in [5, 5.41) is 3.61. The molecule has 1 atom stereocenters. The van der Waals surface area contributed by atoms with E-state index >= 15 is 0 Å². The van der Waals surface area contributed by atoms with Gasteiger partial charge < -0.3 is 10.1 Å². The van der Waals surface area contributed by atoms with Gasteiger partial charge in [-0.1, -0.05) is 44.2 Å². The first-order valence-electron chi connectivity index (χ1n) is 6.01. The van der Waals surface area contributed by atoms with Crippen LogP contribution >= 0.6 is 11.8 Å². The van der Waals surface area contributed by atoms with Gasteiger partial charge in [0.2, 0.25) is 0 Å². The minimum atomic E-state index is -0.773. The molecule has 0 amide bonds. The van der Waals surface area contributed by atoms with Crippen LogP contribution in [0.25, 0.3) is 0 Å². The van der Waals surface area contributed by atoms with Gasteiger partial charge in [0.15, 0.2) is 5.54 Å². The van der Waals surface area contributed by atoms with Crippen LogP contribution in [-0.2, 0) is 15.1 Å². The average molecular weight is 267 g/mol. The summed E-state index contributed by atoms with van der Waals surface area (Å²) >= 11 is 1.74. The van der Waals surface area contributed by atoms with Gasteiger partial charge in [0.05, 0.1) is 7.11 Å². The first-order chi connectivity index (χ1) is 8.56. The van der Waals surface area contributed by atoms with Gasteiger partial charge in [-0.15, -0.1) is 0 Å². The van der Waals surface area contributed by atoms with E-state index in [9.17, 15) is 4.79 Å². The second-order valence-corrected chi connectivity index (χ2v) is 5.94. The predicted octanol–water partition coefficient (Wildman–Crippen LogP) is 2.42. The third-order valence-corrected chi connectivity index (χ3v) is 4.13. The summed E-state index contributed by atoms with van der Waals surface area (Å²) in [6.45, 7) is 4.24. The number of carbonyl (C=O) groups excluding carboxylic acids is 1. The third-order valence-electron chi connectivity index (χ3n) is 2.86. The third kappa shape index (κ3) is 3.27. The SMILES string of the molecule is CNC(CSC(C)C)(C(=O)OC)c1ccccc1. The highest BCUT2D eigenvalue weighted by Crippen LogP contribution is 2.28. The maximum Gasteiger partial charge on any atom is 0.331 e. The first-order valence-corrected chi connectivity index (χ1v) is 7.06. The van der Waals surface area contributed by atoms with E-state index in [4.69, 9.17) is 4.74 Å². The van der Waals surface area contributed by atoms with Gasteiger partial charge in [-0.25, -0.2) is 4.79 Å². The summed E-state index contributed by atoms with van der Waals surface area (Å²) < 4.78 is 4.98. The van der Waals surface area contributed by atoms with E-state index in [2.05, 4.69) is 19.2 Å². The Morgan fingerprint density at radius 3 is 2.44 bits per heavy atom. The quantitative estimate of drug-likeness (QED) is 0.803. The molecule has 0 saturated carbocycles. The Hall–Kier alpha value is -1.00. The number of hydrogen-bond donors (Lipinski definition) is 1. The van der Waals surface area contributed by atoms with Gasteiger partial charge in [0, 0.05) is 5.75 Å². The first kappa shape index (κ1) is 15.1. The van der Waals surface area contributed by atoms with E-state index in [-0.39, 0.29) is 5.97 Å². The molecule has 0 spiro atoms. The Labute approximate surface area is 113 Å². The summed E-state index contributed by atoms with van der Waals surface area (Å²) in [6.07, 6.45) is 0. The molecule has 3 nitrogen and oxygen atoms in total. The standard InChI is InChI=1S/C14H21NO2S/c1-11(2)18-10-14(15-3,13(16)17-4)12-8-6-5-7-9-12/h5-9,11,15H,10H2,1-4H3. The van der Waals surface area contributed by atoms with Crippen molar-refractivity contribution in [2.24, 2.45) is 0 Å². The second-order valence-electron chi connectivity index (χ2n) is 4.37. The van der Waals surface area contributed by atoms with E-state index in [1.165, 1.54) is 7.11 Å². The number of ether oxygens (including phenoxy) is 1. The highest BCUT2D eigenvalue weighted by Gasteiger charge is 2.40. The largest absolute Gasteiger partial charge is 0.467 e. The zero-order chi connectivity index (χ0) is 13.6. The van der Waals surface area contributed by atoms with Crippen molar-refractivity contribution in [2.75, 3.05) is 19.9 Å².